The SMILES string of the molecule is C[C@H]1C[NH+](CC(=O)Nc2ccc(Oc3ccccc3)cc2)C[C@H](C)O1. The van der Waals surface area contributed by atoms with E-state index in [9.17, 15) is 4.79 Å². The summed E-state index contributed by atoms with van der Waals surface area (Å²) in [5, 5.41) is 2.95. The number of nitrogens with one attached hydrogen (secondary N) is 2. The molecule has 0 spiro atoms. The first-order valence-electron chi connectivity index (χ1n) is 8.70. The van der Waals surface area contributed by atoms with Gasteiger partial charge in [0.15, 0.2) is 6.54 Å². The maximum atomic E-state index is 12.3. The van der Waals surface area contributed by atoms with Crippen LogP contribution in [-0.4, -0.2) is 37.7 Å². The number of para-hydroxylation sites is 1. The van der Waals surface area contributed by atoms with Crippen molar-refractivity contribution in [3.05, 3.63) is 54.6 Å². The van der Waals surface area contributed by atoms with Crippen molar-refractivity contribution in [1.29, 1.82) is 0 Å². The quantitative estimate of drug-likeness (QED) is 0.876. The van der Waals surface area contributed by atoms with Crippen molar-refractivity contribution in [2.75, 3.05) is 25.0 Å². The molecule has 1 saturated heterocycles. The van der Waals surface area contributed by atoms with Crippen molar-refractivity contribution in [3.8, 4) is 11.5 Å². The van der Waals surface area contributed by atoms with E-state index in [2.05, 4.69) is 19.2 Å². The Morgan fingerprint density at radius 2 is 1.64 bits per heavy atom. The molecule has 0 aliphatic carbocycles. The van der Waals surface area contributed by atoms with Gasteiger partial charge < -0.3 is 19.7 Å². The highest BCUT2D eigenvalue weighted by molar-refractivity contribution is 5.91. The summed E-state index contributed by atoms with van der Waals surface area (Å²) in [6.07, 6.45) is 0.391. The lowest BCUT2D eigenvalue weighted by Crippen LogP contribution is -3.16. The number of ether oxygens (including phenoxy) is 2. The molecular formula is C20H25N2O3+. The topological polar surface area (TPSA) is 52.0 Å². The van der Waals surface area contributed by atoms with Gasteiger partial charge in [0.25, 0.3) is 5.91 Å². The van der Waals surface area contributed by atoms with Gasteiger partial charge in [0, 0.05) is 5.69 Å². The number of rotatable bonds is 5. The van der Waals surface area contributed by atoms with Gasteiger partial charge in [0.05, 0.1) is 0 Å². The van der Waals surface area contributed by atoms with Crippen LogP contribution in [0.15, 0.2) is 54.6 Å². The molecule has 0 unspecified atom stereocenters. The highest BCUT2D eigenvalue weighted by atomic mass is 16.5. The van der Waals surface area contributed by atoms with E-state index in [0.717, 1.165) is 30.3 Å². The normalized spacial score (nSPS) is 23.0. The van der Waals surface area contributed by atoms with E-state index in [0.29, 0.717) is 6.54 Å². The molecular weight excluding hydrogens is 316 g/mol. The van der Waals surface area contributed by atoms with Gasteiger partial charge in [-0.2, -0.15) is 0 Å². The molecule has 2 N–H and O–H groups in total. The lowest BCUT2D eigenvalue weighted by atomic mass is 10.2. The molecule has 0 bridgehead atoms. The van der Waals surface area contributed by atoms with Gasteiger partial charge in [-0.25, -0.2) is 0 Å². The second-order valence-electron chi connectivity index (χ2n) is 6.58. The van der Waals surface area contributed by atoms with Crippen molar-refractivity contribution in [2.24, 2.45) is 0 Å². The summed E-state index contributed by atoms with van der Waals surface area (Å²) in [5.41, 5.74) is 0.777. The number of quaternary nitrogens is 1. The number of anilines is 1. The molecule has 0 radical (unpaired) electrons. The van der Waals surface area contributed by atoms with Gasteiger partial charge >= 0.3 is 0 Å². The Morgan fingerprint density at radius 1 is 1.04 bits per heavy atom. The van der Waals surface area contributed by atoms with Crippen molar-refractivity contribution in [2.45, 2.75) is 26.1 Å². The van der Waals surface area contributed by atoms with Crippen LogP contribution >= 0.6 is 0 Å². The molecule has 2 atom stereocenters. The highest BCUT2D eigenvalue weighted by Gasteiger charge is 2.27. The summed E-state index contributed by atoms with van der Waals surface area (Å²) in [4.78, 5) is 13.5. The second-order valence-corrected chi connectivity index (χ2v) is 6.58. The number of hydrogen-bond donors (Lipinski definition) is 2. The Morgan fingerprint density at radius 3 is 2.28 bits per heavy atom. The Kier molecular flexibility index (Phi) is 5.68. The fraction of sp³-hybridized carbons (Fsp3) is 0.350. The lowest BCUT2D eigenvalue weighted by Gasteiger charge is -2.31. The maximum absolute atomic E-state index is 12.3. The van der Waals surface area contributed by atoms with Crippen molar-refractivity contribution >= 4 is 11.6 Å². The smallest absolute Gasteiger partial charge is 0.279 e. The summed E-state index contributed by atoms with van der Waals surface area (Å²) < 4.78 is 11.5. The fourth-order valence-corrected chi connectivity index (χ4v) is 3.20. The maximum Gasteiger partial charge on any atom is 0.279 e. The van der Waals surface area contributed by atoms with Crippen LogP contribution in [0.4, 0.5) is 5.69 Å². The number of carbonyl (C=O) groups is 1. The first-order valence-corrected chi connectivity index (χ1v) is 8.70. The van der Waals surface area contributed by atoms with E-state index >= 15 is 0 Å². The average Bonchev–Trinajstić information content (AvgIpc) is 2.56. The minimum atomic E-state index is 0.0213. The van der Waals surface area contributed by atoms with Crippen molar-refractivity contribution < 1.29 is 19.2 Å². The number of amides is 1. The van der Waals surface area contributed by atoms with E-state index in [-0.39, 0.29) is 18.1 Å². The van der Waals surface area contributed by atoms with E-state index in [4.69, 9.17) is 9.47 Å². The molecule has 1 heterocycles. The van der Waals surface area contributed by atoms with Gasteiger partial charge in [-0.05, 0) is 50.2 Å². The van der Waals surface area contributed by atoms with Crippen LogP contribution in [0.25, 0.3) is 0 Å². The summed E-state index contributed by atoms with van der Waals surface area (Å²) in [7, 11) is 0. The van der Waals surface area contributed by atoms with E-state index < -0.39 is 0 Å². The van der Waals surface area contributed by atoms with Gasteiger partial charge in [-0.3, -0.25) is 4.79 Å². The number of hydrogen-bond acceptors (Lipinski definition) is 3. The second kappa shape index (κ2) is 8.14. The van der Waals surface area contributed by atoms with E-state index in [1.807, 2.05) is 54.6 Å². The zero-order valence-electron chi connectivity index (χ0n) is 14.7. The summed E-state index contributed by atoms with van der Waals surface area (Å²) in [5.74, 6) is 1.55. The largest absolute Gasteiger partial charge is 0.457 e. The lowest BCUT2D eigenvalue weighted by molar-refractivity contribution is -0.907. The molecule has 5 heteroatoms. The third-order valence-corrected chi connectivity index (χ3v) is 4.14. The minimum Gasteiger partial charge on any atom is -0.457 e. The molecule has 0 saturated carbocycles. The van der Waals surface area contributed by atoms with E-state index in [1.165, 1.54) is 4.90 Å². The third kappa shape index (κ3) is 5.31. The highest BCUT2D eigenvalue weighted by Crippen LogP contribution is 2.22. The van der Waals surface area contributed by atoms with Crippen molar-refractivity contribution in [3.63, 3.8) is 0 Å². The fourth-order valence-electron chi connectivity index (χ4n) is 3.20. The zero-order valence-corrected chi connectivity index (χ0v) is 14.7. The monoisotopic (exact) mass is 341 g/mol. The zero-order chi connectivity index (χ0) is 17.6. The standard InChI is InChI=1S/C20H24N2O3/c1-15-12-22(13-16(2)24-15)14-20(23)21-17-8-10-19(11-9-17)25-18-6-4-3-5-7-18/h3-11,15-16H,12-14H2,1-2H3,(H,21,23)/p+1/t15-,16-/m0/s1. The summed E-state index contributed by atoms with van der Waals surface area (Å²) >= 11 is 0. The molecule has 3 rings (SSSR count). The molecule has 2 aromatic carbocycles. The van der Waals surface area contributed by atoms with Crippen LogP contribution < -0.4 is 15.0 Å². The van der Waals surface area contributed by atoms with Crippen LogP contribution in [0.1, 0.15) is 13.8 Å². The molecule has 1 fully saturated rings. The Bertz CT molecular complexity index is 678. The predicted octanol–water partition coefficient (Wildman–Crippen LogP) is 2.11. The first kappa shape index (κ1) is 17.5. The molecule has 1 aliphatic rings. The molecule has 132 valence electrons. The third-order valence-electron chi connectivity index (χ3n) is 4.14. The molecule has 0 aromatic heterocycles. The molecule has 1 aliphatic heterocycles. The van der Waals surface area contributed by atoms with Crippen LogP contribution in [0.2, 0.25) is 0 Å². The number of morpholine rings is 1. The number of benzene rings is 2. The first-order chi connectivity index (χ1) is 12.1. The van der Waals surface area contributed by atoms with Gasteiger partial charge in [0.1, 0.15) is 36.8 Å². The summed E-state index contributed by atoms with van der Waals surface area (Å²) in [6.45, 7) is 6.29. The summed E-state index contributed by atoms with van der Waals surface area (Å²) in [6, 6.07) is 17.0. The van der Waals surface area contributed by atoms with Crippen molar-refractivity contribution in [1.82, 2.24) is 0 Å². The average molecular weight is 341 g/mol. The molecule has 25 heavy (non-hydrogen) atoms. The Labute approximate surface area is 148 Å². The van der Waals surface area contributed by atoms with Gasteiger partial charge in [-0.1, -0.05) is 18.2 Å². The molecule has 1 amide bonds. The van der Waals surface area contributed by atoms with Crippen LogP contribution in [0.5, 0.6) is 11.5 Å². The van der Waals surface area contributed by atoms with Crippen LogP contribution in [-0.2, 0) is 9.53 Å². The predicted molar refractivity (Wildman–Crippen MR) is 97.2 cm³/mol. The van der Waals surface area contributed by atoms with Crippen LogP contribution in [0, 0.1) is 0 Å². The minimum absolute atomic E-state index is 0.0213. The Balaban J connectivity index is 1.51. The van der Waals surface area contributed by atoms with E-state index in [1.54, 1.807) is 0 Å². The van der Waals surface area contributed by atoms with Gasteiger partial charge in [-0.15, -0.1) is 0 Å². The van der Waals surface area contributed by atoms with Crippen LogP contribution in [0.3, 0.4) is 0 Å². The molecule has 2 aromatic rings. The number of carbonyl (C=O) groups excluding carboxylic acids is 1. The van der Waals surface area contributed by atoms with Gasteiger partial charge in [0.2, 0.25) is 0 Å². The Hall–Kier alpha value is -2.37. The molecule has 5 nitrogen and oxygen atoms in total.